The highest BCUT2D eigenvalue weighted by molar-refractivity contribution is 5.69. The predicted octanol–water partition coefficient (Wildman–Crippen LogP) is 5.14. The first-order valence-electron chi connectivity index (χ1n) is 10.0. The van der Waals surface area contributed by atoms with E-state index in [9.17, 15) is 13.6 Å². The van der Waals surface area contributed by atoms with Gasteiger partial charge in [-0.15, -0.1) is 0 Å². The van der Waals surface area contributed by atoms with Gasteiger partial charge in [-0.2, -0.15) is 0 Å². The van der Waals surface area contributed by atoms with Crippen LogP contribution in [0.15, 0.2) is 12.1 Å². The second-order valence-corrected chi connectivity index (χ2v) is 9.00. The van der Waals surface area contributed by atoms with Gasteiger partial charge >= 0.3 is 6.09 Å². The van der Waals surface area contributed by atoms with E-state index in [1.807, 2.05) is 27.7 Å². The normalized spacial score (nSPS) is 19.6. The minimum absolute atomic E-state index is 0.0216. The molecule has 1 saturated heterocycles. The topological polar surface area (TPSA) is 51.7 Å². The Labute approximate surface area is 165 Å². The van der Waals surface area contributed by atoms with Crippen molar-refractivity contribution in [3.63, 3.8) is 0 Å². The first-order valence-corrected chi connectivity index (χ1v) is 10.0. The van der Waals surface area contributed by atoms with Crippen LogP contribution in [0.2, 0.25) is 0 Å². The number of carbonyl (C=O) groups is 1. The van der Waals surface area contributed by atoms with Gasteiger partial charge in [0.15, 0.2) is 0 Å². The molecule has 1 aromatic heterocycles. The van der Waals surface area contributed by atoms with E-state index in [-0.39, 0.29) is 29.2 Å². The molecule has 1 aromatic rings. The summed E-state index contributed by atoms with van der Waals surface area (Å²) in [4.78, 5) is 17.9. The number of hydrogen-bond acceptors (Lipinski definition) is 4. The summed E-state index contributed by atoms with van der Waals surface area (Å²) in [6.07, 6.45) is 1.22. The number of alkyl halides is 2. The number of aromatic nitrogens is 1. The van der Waals surface area contributed by atoms with Crippen LogP contribution in [-0.2, 0) is 11.2 Å². The van der Waals surface area contributed by atoms with Gasteiger partial charge in [-0.3, -0.25) is 0 Å². The van der Waals surface area contributed by atoms with Crippen LogP contribution >= 0.6 is 0 Å². The molecule has 1 aliphatic heterocycles. The van der Waals surface area contributed by atoms with E-state index in [1.54, 1.807) is 17.0 Å². The zero-order valence-electron chi connectivity index (χ0n) is 17.1. The molecule has 2 heterocycles. The Morgan fingerprint density at radius 3 is 2.46 bits per heavy atom. The first-order chi connectivity index (χ1) is 13.1. The summed E-state index contributed by atoms with van der Waals surface area (Å²) < 4.78 is 37.7. The second-order valence-electron chi connectivity index (χ2n) is 9.00. The average molecular weight is 396 g/mol. The number of aryl methyl sites for hydroxylation is 1. The molecule has 28 heavy (non-hydrogen) atoms. The average Bonchev–Trinajstić information content (AvgIpc) is 2.59. The van der Waals surface area contributed by atoms with Crippen molar-refractivity contribution in [2.45, 2.75) is 77.9 Å². The van der Waals surface area contributed by atoms with Crippen molar-refractivity contribution in [3.05, 3.63) is 23.4 Å². The van der Waals surface area contributed by atoms with Crippen LogP contribution in [0.25, 0.3) is 0 Å². The highest BCUT2D eigenvalue weighted by atomic mass is 19.3. The van der Waals surface area contributed by atoms with Crippen molar-refractivity contribution in [1.82, 2.24) is 9.88 Å². The third-order valence-corrected chi connectivity index (χ3v) is 5.56. The van der Waals surface area contributed by atoms with Gasteiger partial charge in [-0.05, 0) is 58.4 Å². The van der Waals surface area contributed by atoms with Crippen LogP contribution in [0.4, 0.5) is 13.6 Å². The summed E-state index contributed by atoms with van der Waals surface area (Å²) in [5, 5.41) is 0. The van der Waals surface area contributed by atoms with Crippen LogP contribution in [0.3, 0.4) is 0 Å². The van der Waals surface area contributed by atoms with Crippen LogP contribution in [0.5, 0.6) is 5.88 Å². The molecule has 0 N–H and O–H groups in total. The van der Waals surface area contributed by atoms with Crippen LogP contribution in [0.1, 0.15) is 71.1 Å². The van der Waals surface area contributed by atoms with E-state index < -0.39 is 12.0 Å². The van der Waals surface area contributed by atoms with Crippen LogP contribution in [-0.4, -0.2) is 40.8 Å². The summed E-state index contributed by atoms with van der Waals surface area (Å²) in [7, 11) is 0. The molecule has 0 bridgehead atoms. The molecule has 2 aliphatic rings. The summed E-state index contributed by atoms with van der Waals surface area (Å²) in [6, 6.07) is 3.36. The van der Waals surface area contributed by atoms with E-state index in [4.69, 9.17) is 9.47 Å². The fourth-order valence-corrected chi connectivity index (χ4v) is 4.07. The van der Waals surface area contributed by atoms with Gasteiger partial charge in [0.2, 0.25) is 5.88 Å². The van der Waals surface area contributed by atoms with Crippen molar-refractivity contribution in [1.29, 1.82) is 0 Å². The third-order valence-electron chi connectivity index (χ3n) is 5.56. The van der Waals surface area contributed by atoms with E-state index in [0.717, 1.165) is 25.7 Å². The lowest BCUT2D eigenvalue weighted by molar-refractivity contribution is -0.0611. The number of carbonyl (C=O) groups excluding carboxylic acids is 1. The van der Waals surface area contributed by atoms with Gasteiger partial charge < -0.3 is 14.4 Å². The molecule has 0 unspecified atom stereocenters. The molecular formula is C21H30F2N2O3. The second kappa shape index (κ2) is 7.84. The van der Waals surface area contributed by atoms with Gasteiger partial charge in [-0.25, -0.2) is 18.6 Å². The number of halogens is 2. The zero-order valence-corrected chi connectivity index (χ0v) is 17.1. The lowest BCUT2D eigenvalue weighted by Gasteiger charge is -2.52. The summed E-state index contributed by atoms with van der Waals surface area (Å²) in [6.45, 7) is 8.86. The maximum Gasteiger partial charge on any atom is 0.410 e. The summed E-state index contributed by atoms with van der Waals surface area (Å²) >= 11 is 0. The first kappa shape index (κ1) is 20.8. The van der Waals surface area contributed by atoms with Gasteiger partial charge in [0.05, 0.1) is 0 Å². The number of amides is 1. The van der Waals surface area contributed by atoms with Gasteiger partial charge in [-0.1, -0.05) is 13.0 Å². The lowest BCUT2D eigenvalue weighted by atomic mass is 9.68. The number of rotatable bonds is 4. The van der Waals surface area contributed by atoms with E-state index in [1.165, 1.54) is 0 Å². The van der Waals surface area contributed by atoms with Gasteiger partial charge in [0, 0.05) is 24.6 Å². The monoisotopic (exact) mass is 396 g/mol. The smallest absolute Gasteiger partial charge is 0.410 e. The number of nitrogens with zero attached hydrogens (tertiary/aromatic N) is 2. The van der Waals surface area contributed by atoms with Crippen molar-refractivity contribution >= 4 is 6.09 Å². The maximum atomic E-state index is 13.2. The SMILES string of the molecule is CCc1ccc(OC2CCC3(CC2)CN(C(=O)OC(C)(C)C)C3)nc1C(F)F. The fraction of sp³-hybridized carbons (Fsp3) is 0.714. The molecule has 1 spiro atoms. The quantitative estimate of drug-likeness (QED) is 0.707. The number of pyridine rings is 1. The largest absolute Gasteiger partial charge is 0.474 e. The van der Waals surface area contributed by atoms with Gasteiger partial charge in [0.25, 0.3) is 6.43 Å². The molecule has 1 aliphatic carbocycles. The number of hydrogen-bond donors (Lipinski definition) is 0. The highest BCUT2D eigenvalue weighted by Gasteiger charge is 2.48. The molecule has 1 saturated carbocycles. The minimum atomic E-state index is -2.60. The number of likely N-dealkylation sites (tertiary alicyclic amines) is 1. The Balaban J connectivity index is 1.50. The Bertz CT molecular complexity index is 702. The van der Waals surface area contributed by atoms with E-state index in [2.05, 4.69) is 4.98 Å². The van der Waals surface area contributed by atoms with Crippen molar-refractivity contribution in [2.75, 3.05) is 13.1 Å². The summed E-state index contributed by atoms with van der Waals surface area (Å²) in [5.74, 6) is 0.275. The molecular weight excluding hydrogens is 366 g/mol. The van der Waals surface area contributed by atoms with Gasteiger partial charge in [0.1, 0.15) is 17.4 Å². The van der Waals surface area contributed by atoms with Crippen molar-refractivity contribution in [2.24, 2.45) is 5.41 Å². The number of ether oxygens (including phenoxy) is 2. The van der Waals surface area contributed by atoms with E-state index >= 15 is 0 Å². The Hall–Kier alpha value is -1.92. The molecule has 7 heteroatoms. The minimum Gasteiger partial charge on any atom is -0.474 e. The Kier molecular flexibility index (Phi) is 5.82. The maximum absolute atomic E-state index is 13.2. The molecule has 156 valence electrons. The molecule has 0 aromatic carbocycles. The summed E-state index contributed by atoms with van der Waals surface area (Å²) in [5.41, 5.74) is 0.0357. The predicted molar refractivity (Wildman–Crippen MR) is 102 cm³/mol. The Morgan fingerprint density at radius 1 is 1.29 bits per heavy atom. The zero-order chi connectivity index (χ0) is 20.5. The van der Waals surface area contributed by atoms with Crippen molar-refractivity contribution in [3.8, 4) is 5.88 Å². The standard InChI is InChI=1S/C21H30F2N2O3/c1-5-14-6-7-16(24-17(14)18(22)23)27-15-8-10-21(11-9-15)12-25(13-21)19(26)28-20(2,3)4/h6-7,15,18H,5,8-13H2,1-4H3. The lowest BCUT2D eigenvalue weighted by Crippen LogP contribution is -2.60. The molecule has 2 fully saturated rings. The molecule has 3 rings (SSSR count). The van der Waals surface area contributed by atoms with Crippen molar-refractivity contribution < 1.29 is 23.0 Å². The van der Waals surface area contributed by atoms with Crippen LogP contribution < -0.4 is 4.74 Å². The molecule has 1 amide bonds. The molecule has 5 nitrogen and oxygen atoms in total. The third kappa shape index (κ3) is 4.73. The Morgan fingerprint density at radius 2 is 1.93 bits per heavy atom. The highest BCUT2D eigenvalue weighted by Crippen LogP contribution is 2.45. The molecule has 0 radical (unpaired) electrons. The molecule has 0 atom stereocenters. The van der Waals surface area contributed by atoms with Crippen LogP contribution in [0, 0.1) is 5.41 Å². The van der Waals surface area contributed by atoms with E-state index in [0.29, 0.717) is 25.1 Å². The fourth-order valence-electron chi connectivity index (χ4n) is 4.07.